The average molecular weight is 262 g/mol. The van der Waals surface area contributed by atoms with Gasteiger partial charge < -0.3 is 15.2 Å². The Kier molecular flexibility index (Phi) is 5.34. The zero-order valence-electron chi connectivity index (χ0n) is 9.24. The minimum Gasteiger partial charge on any atom is -0.394 e. The summed E-state index contributed by atoms with van der Waals surface area (Å²) in [5.41, 5.74) is 0.0289. The average Bonchev–Trinajstić information content (AvgIpc) is 2.31. The molecule has 1 amide bonds. The van der Waals surface area contributed by atoms with E-state index in [-0.39, 0.29) is 23.8 Å². The van der Waals surface area contributed by atoms with Crippen LogP contribution in [0.2, 0.25) is 5.02 Å². The molecule has 6 heteroatoms. The van der Waals surface area contributed by atoms with Gasteiger partial charge >= 0.3 is 0 Å². The molecule has 1 rings (SSSR count). The van der Waals surface area contributed by atoms with E-state index in [9.17, 15) is 9.18 Å². The van der Waals surface area contributed by atoms with Crippen molar-refractivity contribution >= 4 is 17.5 Å². The van der Waals surface area contributed by atoms with E-state index in [0.717, 1.165) is 6.07 Å². The van der Waals surface area contributed by atoms with Crippen LogP contribution >= 0.6 is 11.6 Å². The number of ether oxygens (including phenoxy) is 1. The SMILES string of the molecule is COCC(CO)NC(=O)c1cccc(F)c1Cl. The summed E-state index contributed by atoms with van der Waals surface area (Å²) < 4.78 is 17.9. The number of hydrogen-bond acceptors (Lipinski definition) is 3. The van der Waals surface area contributed by atoms with E-state index in [2.05, 4.69) is 5.32 Å². The maximum absolute atomic E-state index is 13.1. The lowest BCUT2D eigenvalue weighted by atomic mass is 10.2. The van der Waals surface area contributed by atoms with E-state index in [1.54, 1.807) is 0 Å². The number of methoxy groups -OCH3 is 1. The fourth-order valence-corrected chi connectivity index (χ4v) is 1.50. The van der Waals surface area contributed by atoms with Crippen LogP contribution in [-0.2, 0) is 4.74 Å². The number of halogens is 2. The third-order valence-corrected chi connectivity index (χ3v) is 2.50. The summed E-state index contributed by atoms with van der Waals surface area (Å²) in [6.07, 6.45) is 0. The van der Waals surface area contributed by atoms with E-state index in [4.69, 9.17) is 21.4 Å². The minimum absolute atomic E-state index is 0.0289. The molecular formula is C11H13ClFNO3. The topological polar surface area (TPSA) is 58.6 Å². The molecular weight excluding hydrogens is 249 g/mol. The molecule has 2 N–H and O–H groups in total. The Morgan fingerprint density at radius 2 is 2.35 bits per heavy atom. The molecule has 0 saturated heterocycles. The number of carbonyl (C=O) groups excluding carboxylic acids is 1. The third-order valence-electron chi connectivity index (χ3n) is 2.12. The molecule has 1 atom stereocenters. The van der Waals surface area contributed by atoms with Crippen molar-refractivity contribution in [2.45, 2.75) is 6.04 Å². The number of rotatable bonds is 5. The van der Waals surface area contributed by atoms with E-state index in [0.29, 0.717) is 0 Å². The number of benzene rings is 1. The molecule has 0 aliphatic rings. The van der Waals surface area contributed by atoms with Gasteiger partial charge in [-0.05, 0) is 12.1 Å². The zero-order chi connectivity index (χ0) is 12.8. The molecule has 0 bridgehead atoms. The number of amides is 1. The molecule has 17 heavy (non-hydrogen) atoms. The van der Waals surface area contributed by atoms with Crippen molar-refractivity contribution in [3.63, 3.8) is 0 Å². The molecule has 0 aliphatic heterocycles. The fourth-order valence-electron chi connectivity index (χ4n) is 1.28. The molecule has 94 valence electrons. The maximum atomic E-state index is 13.1. The highest BCUT2D eigenvalue weighted by Crippen LogP contribution is 2.19. The standard InChI is InChI=1S/C11H13ClFNO3/c1-17-6-7(5-15)14-11(16)8-3-2-4-9(13)10(8)12/h2-4,7,15H,5-6H2,1H3,(H,14,16). The van der Waals surface area contributed by atoms with Crippen LogP contribution in [0.1, 0.15) is 10.4 Å². The van der Waals surface area contributed by atoms with Crippen LogP contribution < -0.4 is 5.32 Å². The van der Waals surface area contributed by atoms with Gasteiger partial charge in [-0.15, -0.1) is 0 Å². The van der Waals surface area contributed by atoms with Crippen LogP contribution in [0.15, 0.2) is 18.2 Å². The van der Waals surface area contributed by atoms with Crippen molar-refractivity contribution in [1.82, 2.24) is 5.32 Å². The van der Waals surface area contributed by atoms with Crippen molar-refractivity contribution in [3.05, 3.63) is 34.6 Å². The van der Waals surface area contributed by atoms with Crippen LogP contribution in [0.3, 0.4) is 0 Å². The second kappa shape index (κ2) is 6.54. The summed E-state index contributed by atoms with van der Waals surface area (Å²) in [5, 5.41) is 11.2. The Labute approximate surface area is 103 Å². The predicted octanol–water partition coefficient (Wildman–Crippen LogP) is 1.22. The monoisotopic (exact) mass is 261 g/mol. The Bertz CT molecular complexity index is 400. The van der Waals surface area contributed by atoms with Gasteiger partial charge in [-0.3, -0.25) is 4.79 Å². The number of aliphatic hydroxyl groups is 1. The van der Waals surface area contributed by atoms with Gasteiger partial charge in [0.05, 0.1) is 29.8 Å². The maximum Gasteiger partial charge on any atom is 0.253 e. The molecule has 1 unspecified atom stereocenters. The van der Waals surface area contributed by atoms with E-state index in [1.165, 1.54) is 19.2 Å². The molecule has 4 nitrogen and oxygen atoms in total. The highest BCUT2D eigenvalue weighted by Gasteiger charge is 2.16. The van der Waals surface area contributed by atoms with Crippen molar-refractivity contribution < 1.29 is 19.0 Å². The van der Waals surface area contributed by atoms with Crippen LogP contribution in [0, 0.1) is 5.82 Å². The summed E-state index contributed by atoms with van der Waals surface area (Å²) in [6.45, 7) is -0.109. The van der Waals surface area contributed by atoms with E-state index < -0.39 is 17.8 Å². The first kappa shape index (κ1) is 13.9. The lowest BCUT2D eigenvalue weighted by Gasteiger charge is -2.15. The molecule has 0 heterocycles. The highest BCUT2D eigenvalue weighted by molar-refractivity contribution is 6.34. The normalized spacial score (nSPS) is 12.2. The number of aliphatic hydroxyl groups excluding tert-OH is 1. The number of nitrogens with one attached hydrogen (secondary N) is 1. The van der Waals surface area contributed by atoms with Gasteiger partial charge in [-0.1, -0.05) is 17.7 Å². The first-order valence-corrected chi connectivity index (χ1v) is 5.32. The molecule has 0 saturated carbocycles. The summed E-state index contributed by atoms with van der Waals surface area (Å²) in [6, 6.07) is 3.41. The van der Waals surface area contributed by atoms with Gasteiger partial charge in [-0.25, -0.2) is 4.39 Å². The Morgan fingerprint density at radius 1 is 1.65 bits per heavy atom. The molecule has 0 fully saturated rings. The Balaban J connectivity index is 2.79. The lowest BCUT2D eigenvalue weighted by molar-refractivity contribution is 0.0839. The van der Waals surface area contributed by atoms with Crippen LogP contribution in [-0.4, -0.2) is 37.4 Å². The van der Waals surface area contributed by atoms with Gasteiger partial charge in [0.15, 0.2) is 0 Å². The van der Waals surface area contributed by atoms with Crippen LogP contribution in [0.5, 0.6) is 0 Å². The molecule has 0 aromatic heterocycles. The third kappa shape index (κ3) is 3.66. The van der Waals surface area contributed by atoms with Gasteiger partial charge in [-0.2, -0.15) is 0 Å². The lowest BCUT2D eigenvalue weighted by Crippen LogP contribution is -2.40. The summed E-state index contributed by atoms with van der Waals surface area (Å²) >= 11 is 5.66. The Hall–Kier alpha value is -1.17. The smallest absolute Gasteiger partial charge is 0.253 e. The zero-order valence-corrected chi connectivity index (χ0v) is 10.00. The largest absolute Gasteiger partial charge is 0.394 e. The second-order valence-electron chi connectivity index (χ2n) is 3.41. The quantitative estimate of drug-likeness (QED) is 0.838. The first-order valence-electron chi connectivity index (χ1n) is 4.94. The highest BCUT2D eigenvalue weighted by atomic mass is 35.5. The second-order valence-corrected chi connectivity index (χ2v) is 3.79. The van der Waals surface area contributed by atoms with Crippen molar-refractivity contribution in [2.24, 2.45) is 0 Å². The number of carbonyl (C=O) groups is 1. The van der Waals surface area contributed by atoms with E-state index in [1.807, 2.05) is 0 Å². The first-order chi connectivity index (χ1) is 8.10. The summed E-state index contributed by atoms with van der Waals surface area (Å²) in [5.74, 6) is -1.21. The van der Waals surface area contributed by atoms with E-state index >= 15 is 0 Å². The number of hydrogen-bond donors (Lipinski definition) is 2. The van der Waals surface area contributed by atoms with Crippen molar-refractivity contribution in [2.75, 3.05) is 20.3 Å². The van der Waals surface area contributed by atoms with Gasteiger partial charge in [0.2, 0.25) is 0 Å². The minimum atomic E-state index is -0.661. The van der Waals surface area contributed by atoms with Crippen molar-refractivity contribution in [1.29, 1.82) is 0 Å². The molecule has 0 radical (unpaired) electrons. The van der Waals surface area contributed by atoms with Crippen LogP contribution in [0.4, 0.5) is 4.39 Å². The summed E-state index contributed by atoms with van der Waals surface area (Å²) in [4.78, 5) is 11.7. The molecule has 0 aliphatic carbocycles. The molecule has 1 aromatic rings. The van der Waals surface area contributed by atoms with Crippen LogP contribution in [0.25, 0.3) is 0 Å². The predicted molar refractivity (Wildman–Crippen MR) is 61.6 cm³/mol. The van der Waals surface area contributed by atoms with Gasteiger partial charge in [0, 0.05) is 7.11 Å². The molecule has 1 aromatic carbocycles. The molecule has 0 spiro atoms. The Morgan fingerprint density at radius 3 is 2.94 bits per heavy atom. The van der Waals surface area contributed by atoms with Gasteiger partial charge in [0.25, 0.3) is 5.91 Å². The van der Waals surface area contributed by atoms with Gasteiger partial charge in [0.1, 0.15) is 5.82 Å². The fraction of sp³-hybridized carbons (Fsp3) is 0.364. The summed E-state index contributed by atoms with van der Waals surface area (Å²) in [7, 11) is 1.45. The van der Waals surface area contributed by atoms with Crippen molar-refractivity contribution in [3.8, 4) is 0 Å².